The maximum absolute atomic E-state index is 13.0. The van der Waals surface area contributed by atoms with Crippen molar-refractivity contribution in [3.8, 4) is 11.5 Å². The molecular weight excluding hydrogens is 418 g/mol. The SMILES string of the molecule is COc1cc(C(=O)NCC(c2ccccc2)c2c[nH]c3ccccc23)ccc1OCC(N)=O. The predicted octanol–water partition coefficient (Wildman–Crippen LogP) is 3.60. The molecule has 1 unspecified atom stereocenters. The van der Waals surface area contributed by atoms with Crippen molar-refractivity contribution in [1.29, 1.82) is 0 Å². The van der Waals surface area contributed by atoms with Crippen LogP contribution in [0.25, 0.3) is 10.9 Å². The molecule has 1 atom stereocenters. The van der Waals surface area contributed by atoms with Crippen LogP contribution >= 0.6 is 0 Å². The zero-order valence-electron chi connectivity index (χ0n) is 18.2. The lowest BCUT2D eigenvalue weighted by Gasteiger charge is -2.18. The van der Waals surface area contributed by atoms with Crippen LogP contribution in [0.2, 0.25) is 0 Å². The van der Waals surface area contributed by atoms with E-state index in [0.717, 1.165) is 22.0 Å². The number of methoxy groups -OCH3 is 1. The van der Waals surface area contributed by atoms with Crippen LogP contribution in [0.5, 0.6) is 11.5 Å². The van der Waals surface area contributed by atoms with Gasteiger partial charge in [-0.3, -0.25) is 9.59 Å². The molecule has 0 bridgehead atoms. The Morgan fingerprint density at radius 1 is 1.00 bits per heavy atom. The Hall–Kier alpha value is -4.26. The van der Waals surface area contributed by atoms with Crippen LogP contribution in [-0.2, 0) is 4.79 Å². The number of nitrogens with two attached hydrogens (primary N) is 1. The third-order valence-electron chi connectivity index (χ3n) is 5.46. The van der Waals surface area contributed by atoms with Gasteiger partial charge in [0.15, 0.2) is 18.1 Å². The molecule has 0 spiro atoms. The van der Waals surface area contributed by atoms with E-state index in [2.05, 4.69) is 28.5 Å². The molecule has 3 aromatic carbocycles. The zero-order valence-corrected chi connectivity index (χ0v) is 18.2. The van der Waals surface area contributed by atoms with Crippen molar-refractivity contribution in [2.75, 3.05) is 20.3 Å². The van der Waals surface area contributed by atoms with E-state index in [0.29, 0.717) is 23.6 Å². The Morgan fingerprint density at radius 3 is 2.52 bits per heavy atom. The number of hydrogen-bond donors (Lipinski definition) is 3. The number of primary amides is 1. The fraction of sp³-hybridized carbons (Fsp3) is 0.154. The van der Waals surface area contributed by atoms with Gasteiger partial charge in [-0.25, -0.2) is 0 Å². The first kappa shape index (κ1) is 22.0. The van der Waals surface area contributed by atoms with Crippen molar-refractivity contribution in [2.24, 2.45) is 5.73 Å². The minimum atomic E-state index is -0.594. The molecule has 0 aliphatic rings. The summed E-state index contributed by atoms with van der Waals surface area (Å²) in [5.74, 6) is -0.182. The van der Waals surface area contributed by atoms with Crippen molar-refractivity contribution >= 4 is 22.7 Å². The molecule has 33 heavy (non-hydrogen) atoms. The minimum Gasteiger partial charge on any atom is -0.493 e. The van der Waals surface area contributed by atoms with Crippen molar-refractivity contribution in [1.82, 2.24) is 10.3 Å². The highest BCUT2D eigenvalue weighted by Crippen LogP contribution is 2.31. The largest absolute Gasteiger partial charge is 0.493 e. The third kappa shape index (κ3) is 4.98. The molecule has 0 saturated carbocycles. The Bertz CT molecular complexity index is 1270. The van der Waals surface area contributed by atoms with Crippen LogP contribution in [0.1, 0.15) is 27.4 Å². The number of aromatic nitrogens is 1. The van der Waals surface area contributed by atoms with Gasteiger partial charge in [0.1, 0.15) is 0 Å². The molecule has 0 aliphatic carbocycles. The Labute approximate surface area is 191 Å². The van der Waals surface area contributed by atoms with E-state index in [1.165, 1.54) is 7.11 Å². The van der Waals surface area contributed by atoms with Gasteiger partial charge >= 0.3 is 0 Å². The van der Waals surface area contributed by atoms with E-state index >= 15 is 0 Å². The average molecular weight is 444 g/mol. The molecule has 7 nitrogen and oxygen atoms in total. The number of hydrogen-bond acceptors (Lipinski definition) is 4. The van der Waals surface area contributed by atoms with Gasteiger partial charge in [-0.15, -0.1) is 0 Å². The smallest absolute Gasteiger partial charge is 0.255 e. The molecule has 2 amide bonds. The third-order valence-corrected chi connectivity index (χ3v) is 5.46. The number of aromatic amines is 1. The molecule has 7 heteroatoms. The molecule has 0 fully saturated rings. The highest BCUT2D eigenvalue weighted by Gasteiger charge is 2.20. The number of para-hydroxylation sites is 1. The summed E-state index contributed by atoms with van der Waals surface area (Å²) in [5.41, 5.74) is 8.82. The average Bonchev–Trinajstić information content (AvgIpc) is 3.27. The van der Waals surface area contributed by atoms with Crippen LogP contribution < -0.4 is 20.5 Å². The van der Waals surface area contributed by atoms with Crippen molar-refractivity contribution in [3.63, 3.8) is 0 Å². The highest BCUT2D eigenvalue weighted by atomic mass is 16.5. The Kier molecular flexibility index (Phi) is 6.59. The maximum Gasteiger partial charge on any atom is 0.255 e. The van der Waals surface area contributed by atoms with E-state index in [9.17, 15) is 9.59 Å². The molecule has 0 radical (unpaired) electrons. The Morgan fingerprint density at radius 2 is 1.76 bits per heavy atom. The van der Waals surface area contributed by atoms with Crippen molar-refractivity contribution < 1.29 is 19.1 Å². The zero-order chi connectivity index (χ0) is 23.2. The quantitative estimate of drug-likeness (QED) is 0.367. The monoisotopic (exact) mass is 443 g/mol. The van der Waals surface area contributed by atoms with E-state index < -0.39 is 5.91 Å². The number of amides is 2. The van der Waals surface area contributed by atoms with Crippen molar-refractivity contribution in [3.05, 3.63) is 95.7 Å². The van der Waals surface area contributed by atoms with Gasteiger partial charge in [0, 0.05) is 35.1 Å². The second kappa shape index (κ2) is 9.91. The first-order valence-corrected chi connectivity index (χ1v) is 10.5. The summed E-state index contributed by atoms with van der Waals surface area (Å²) in [4.78, 5) is 27.3. The number of ether oxygens (including phenoxy) is 2. The minimum absolute atomic E-state index is 0.0358. The number of rotatable bonds is 9. The first-order valence-electron chi connectivity index (χ1n) is 10.5. The summed E-state index contributed by atoms with van der Waals surface area (Å²) in [6.45, 7) is 0.137. The number of carbonyl (C=O) groups is 2. The number of H-pyrrole nitrogens is 1. The first-order chi connectivity index (χ1) is 16.1. The summed E-state index contributed by atoms with van der Waals surface area (Å²) in [7, 11) is 1.47. The second-order valence-corrected chi connectivity index (χ2v) is 7.58. The summed E-state index contributed by atoms with van der Waals surface area (Å²) in [5, 5.41) is 4.17. The molecule has 4 rings (SSSR count). The van der Waals surface area contributed by atoms with Gasteiger partial charge in [0.25, 0.3) is 11.8 Å². The maximum atomic E-state index is 13.0. The molecule has 1 heterocycles. The summed E-state index contributed by atoms with van der Waals surface area (Å²) < 4.78 is 10.6. The lowest BCUT2D eigenvalue weighted by atomic mass is 9.91. The van der Waals surface area contributed by atoms with E-state index in [4.69, 9.17) is 15.2 Å². The fourth-order valence-corrected chi connectivity index (χ4v) is 3.85. The normalized spacial score (nSPS) is 11.7. The van der Waals surface area contributed by atoms with E-state index in [1.54, 1.807) is 18.2 Å². The number of carbonyl (C=O) groups excluding carboxylic acids is 2. The molecule has 0 saturated heterocycles. The summed E-state index contributed by atoms with van der Waals surface area (Å²) in [6.07, 6.45) is 2.00. The van der Waals surface area contributed by atoms with Gasteiger partial charge in [0.2, 0.25) is 0 Å². The standard InChI is InChI=1S/C26H25N3O4/c1-32-24-13-18(11-12-23(24)33-16-25(27)30)26(31)29-14-20(17-7-3-2-4-8-17)21-15-28-22-10-6-5-9-19(21)22/h2-13,15,20,28H,14,16H2,1H3,(H2,27,30)(H,29,31). The molecule has 4 N–H and O–H groups in total. The van der Waals surface area contributed by atoms with Crippen LogP contribution in [-0.4, -0.2) is 37.1 Å². The van der Waals surface area contributed by atoms with Gasteiger partial charge in [-0.2, -0.15) is 0 Å². The predicted molar refractivity (Wildman–Crippen MR) is 127 cm³/mol. The van der Waals surface area contributed by atoms with Crippen LogP contribution in [0.3, 0.4) is 0 Å². The number of nitrogens with one attached hydrogen (secondary N) is 2. The molecule has 168 valence electrons. The Balaban J connectivity index is 1.56. The van der Waals surface area contributed by atoms with Gasteiger partial charge in [-0.05, 0) is 35.4 Å². The van der Waals surface area contributed by atoms with E-state index in [-0.39, 0.29) is 18.4 Å². The van der Waals surface area contributed by atoms with Gasteiger partial charge in [-0.1, -0.05) is 48.5 Å². The summed E-state index contributed by atoms with van der Waals surface area (Å²) in [6, 6.07) is 23.0. The molecule has 1 aromatic heterocycles. The fourth-order valence-electron chi connectivity index (χ4n) is 3.85. The highest BCUT2D eigenvalue weighted by molar-refractivity contribution is 5.95. The molecule has 4 aromatic rings. The molecular formula is C26H25N3O4. The number of fused-ring (bicyclic) bond motifs is 1. The van der Waals surface area contributed by atoms with Crippen LogP contribution in [0, 0.1) is 0 Å². The van der Waals surface area contributed by atoms with E-state index in [1.807, 2.05) is 42.6 Å². The topological polar surface area (TPSA) is 106 Å². The van der Waals surface area contributed by atoms with Gasteiger partial charge < -0.3 is 25.5 Å². The molecule has 0 aliphatic heterocycles. The summed E-state index contributed by atoms with van der Waals surface area (Å²) >= 11 is 0. The van der Waals surface area contributed by atoms with Gasteiger partial charge in [0.05, 0.1) is 7.11 Å². The second-order valence-electron chi connectivity index (χ2n) is 7.58. The number of benzene rings is 3. The lowest BCUT2D eigenvalue weighted by molar-refractivity contribution is -0.119. The van der Waals surface area contributed by atoms with Crippen LogP contribution in [0.4, 0.5) is 0 Å². The van der Waals surface area contributed by atoms with Crippen molar-refractivity contribution in [2.45, 2.75) is 5.92 Å². The van der Waals surface area contributed by atoms with Crippen LogP contribution in [0.15, 0.2) is 79.0 Å². The lowest BCUT2D eigenvalue weighted by Crippen LogP contribution is -2.29.